The van der Waals surface area contributed by atoms with E-state index in [1.807, 2.05) is 18.2 Å². The minimum absolute atomic E-state index is 0.428. The van der Waals surface area contributed by atoms with Gasteiger partial charge in [0.2, 0.25) is 11.8 Å². The molecule has 0 amide bonds. The fourth-order valence-corrected chi connectivity index (χ4v) is 1.86. The lowest BCUT2D eigenvalue weighted by atomic mass is 9.80. The average Bonchev–Trinajstić information content (AvgIpc) is 2.47. The van der Waals surface area contributed by atoms with E-state index in [0.717, 1.165) is 5.39 Å². The summed E-state index contributed by atoms with van der Waals surface area (Å²) >= 11 is 0. The Morgan fingerprint density at radius 3 is 2.60 bits per heavy atom. The Morgan fingerprint density at radius 1 is 0.950 bits per heavy atom. The molecule has 0 aliphatic carbocycles. The molecule has 0 radical (unpaired) electrons. The molecule has 0 aliphatic rings. The van der Waals surface area contributed by atoms with Crippen LogP contribution >= 0.6 is 0 Å². The molecule has 5 nitrogen and oxygen atoms in total. The standard InChI is InChI=1S/C14H11BN2O3/c18-15(19)11-5-6-12-10(9-11)4-7-14(17-12)20-13-3-1-2-8-16-13/h1-9,18-19H. The summed E-state index contributed by atoms with van der Waals surface area (Å²) in [4.78, 5) is 8.41. The molecule has 2 heterocycles. The molecular weight excluding hydrogens is 255 g/mol. The van der Waals surface area contributed by atoms with Crippen LogP contribution in [0.1, 0.15) is 0 Å². The van der Waals surface area contributed by atoms with Crippen LogP contribution in [-0.2, 0) is 0 Å². The van der Waals surface area contributed by atoms with Crippen molar-refractivity contribution in [1.82, 2.24) is 9.97 Å². The van der Waals surface area contributed by atoms with Gasteiger partial charge in [0.25, 0.3) is 0 Å². The van der Waals surface area contributed by atoms with Crippen LogP contribution in [0.3, 0.4) is 0 Å². The van der Waals surface area contributed by atoms with Crippen molar-refractivity contribution in [2.45, 2.75) is 0 Å². The van der Waals surface area contributed by atoms with Crippen molar-refractivity contribution in [2.24, 2.45) is 0 Å². The van der Waals surface area contributed by atoms with E-state index >= 15 is 0 Å². The second kappa shape index (κ2) is 5.28. The summed E-state index contributed by atoms with van der Waals surface area (Å²) in [5.74, 6) is 0.912. The zero-order valence-corrected chi connectivity index (χ0v) is 10.5. The Balaban J connectivity index is 1.93. The Bertz CT molecular complexity index is 735. The van der Waals surface area contributed by atoms with Gasteiger partial charge in [0.05, 0.1) is 5.52 Å². The number of hydrogen-bond acceptors (Lipinski definition) is 5. The van der Waals surface area contributed by atoms with Crippen LogP contribution in [0.4, 0.5) is 0 Å². The zero-order chi connectivity index (χ0) is 13.9. The minimum atomic E-state index is -1.48. The van der Waals surface area contributed by atoms with Crippen molar-refractivity contribution in [3.63, 3.8) is 0 Å². The maximum Gasteiger partial charge on any atom is 0.488 e. The summed E-state index contributed by atoms with van der Waals surface area (Å²) in [6, 6.07) is 13.9. The number of nitrogens with zero attached hydrogens (tertiary/aromatic N) is 2. The highest BCUT2D eigenvalue weighted by molar-refractivity contribution is 6.58. The van der Waals surface area contributed by atoms with Crippen LogP contribution in [-0.4, -0.2) is 27.1 Å². The Labute approximate surface area is 115 Å². The molecule has 20 heavy (non-hydrogen) atoms. The molecule has 6 heteroatoms. The van der Waals surface area contributed by atoms with Crippen LogP contribution in [0.5, 0.6) is 11.8 Å². The molecule has 3 rings (SSSR count). The van der Waals surface area contributed by atoms with E-state index in [0.29, 0.717) is 22.7 Å². The van der Waals surface area contributed by atoms with Crippen LogP contribution in [0.15, 0.2) is 54.7 Å². The normalized spacial score (nSPS) is 10.5. The van der Waals surface area contributed by atoms with Gasteiger partial charge in [-0.25, -0.2) is 9.97 Å². The van der Waals surface area contributed by atoms with Gasteiger partial charge in [0.15, 0.2) is 0 Å². The summed E-state index contributed by atoms with van der Waals surface area (Å²) in [5, 5.41) is 19.1. The highest BCUT2D eigenvalue weighted by Gasteiger charge is 2.11. The van der Waals surface area contributed by atoms with E-state index in [1.54, 1.807) is 36.5 Å². The van der Waals surface area contributed by atoms with Gasteiger partial charge >= 0.3 is 7.12 Å². The van der Waals surface area contributed by atoms with E-state index in [9.17, 15) is 0 Å². The number of benzene rings is 1. The lowest BCUT2D eigenvalue weighted by Gasteiger charge is -2.06. The first kappa shape index (κ1) is 12.6. The van der Waals surface area contributed by atoms with Crippen molar-refractivity contribution in [3.05, 3.63) is 54.7 Å². The van der Waals surface area contributed by atoms with E-state index in [4.69, 9.17) is 14.8 Å². The summed E-state index contributed by atoms with van der Waals surface area (Å²) in [6.07, 6.45) is 1.64. The number of ether oxygens (including phenoxy) is 1. The van der Waals surface area contributed by atoms with Crippen molar-refractivity contribution in [1.29, 1.82) is 0 Å². The Kier molecular flexibility index (Phi) is 3.33. The van der Waals surface area contributed by atoms with Gasteiger partial charge in [-0.2, -0.15) is 0 Å². The Hall–Kier alpha value is -2.44. The number of hydrogen-bond donors (Lipinski definition) is 2. The van der Waals surface area contributed by atoms with Gasteiger partial charge in [-0.3, -0.25) is 0 Å². The first-order chi connectivity index (χ1) is 9.72. The molecule has 0 saturated heterocycles. The summed E-state index contributed by atoms with van der Waals surface area (Å²) in [5.41, 5.74) is 1.14. The van der Waals surface area contributed by atoms with Crippen molar-refractivity contribution >= 4 is 23.5 Å². The average molecular weight is 266 g/mol. The molecule has 2 N–H and O–H groups in total. The molecule has 0 bridgehead atoms. The zero-order valence-electron chi connectivity index (χ0n) is 10.5. The first-order valence-electron chi connectivity index (χ1n) is 6.08. The molecule has 2 aromatic heterocycles. The molecule has 98 valence electrons. The van der Waals surface area contributed by atoms with Gasteiger partial charge in [0, 0.05) is 23.7 Å². The monoisotopic (exact) mass is 266 g/mol. The van der Waals surface area contributed by atoms with E-state index in [-0.39, 0.29) is 0 Å². The van der Waals surface area contributed by atoms with Gasteiger partial charge in [-0.05, 0) is 23.7 Å². The third-order valence-electron chi connectivity index (χ3n) is 2.83. The van der Waals surface area contributed by atoms with Crippen LogP contribution in [0.2, 0.25) is 0 Å². The van der Waals surface area contributed by atoms with Crippen LogP contribution < -0.4 is 10.2 Å². The smallest absolute Gasteiger partial charge is 0.423 e. The quantitative estimate of drug-likeness (QED) is 0.694. The van der Waals surface area contributed by atoms with Crippen molar-refractivity contribution < 1.29 is 14.8 Å². The van der Waals surface area contributed by atoms with Gasteiger partial charge < -0.3 is 14.8 Å². The molecule has 0 saturated carbocycles. The fraction of sp³-hybridized carbons (Fsp3) is 0. The fourth-order valence-electron chi connectivity index (χ4n) is 1.86. The second-order valence-electron chi connectivity index (χ2n) is 4.25. The van der Waals surface area contributed by atoms with Crippen LogP contribution in [0.25, 0.3) is 10.9 Å². The van der Waals surface area contributed by atoms with E-state index < -0.39 is 7.12 Å². The van der Waals surface area contributed by atoms with Gasteiger partial charge in [-0.15, -0.1) is 0 Å². The predicted octanol–water partition coefficient (Wildman–Crippen LogP) is 1.10. The number of fused-ring (bicyclic) bond motifs is 1. The molecule has 0 atom stereocenters. The minimum Gasteiger partial charge on any atom is -0.423 e. The molecule has 0 spiro atoms. The largest absolute Gasteiger partial charge is 0.488 e. The maximum atomic E-state index is 9.13. The highest BCUT2D eigenvalue weighted by atomic mass is 16.5. The molecule has 3 aromatic rings. The summed E-state index contributed by atoms with van der Waals surface area (Å²) in [6.45, 7) is 0. The van der Waals surface area contributed by atoms with Crippen LogP contribution in [0, 0.1) is 0 Å². The predicted molar refractivity (Wildman–Crippen MR) is 75.9 cm³/mol. The molecule has 0 aliphatic heterocycles. The van der Waals surface area contributed by atoms with Gasteiger partial charge in [-0.1, -0.05) is 18.2 Å². The van der Waals surface area contributed by atoms with E-state index in [2.05, 4.69) is 9.97 Å². The number of pyridine rings is 2. The second-order valence-corrected chi connectivity index (χ2v) is 4.25. The van der Waals surface area contributed by atoms with Crippen molar-refractivity contribution in [2.75, 3.05) is 0 Å². The number of aromatic nitrogens is 2. The molecule has 0 unspecified atom stereocenters. The molecule has 0 fully saturated rings. The maximum absolute atomic E-state index is 9.13. The topological polar surface area (TPSA) is 75.5 Å². The third-order valence-corrected chi connectivity index (χ3v) is 2.83. The molecule has 1 aromatic carbocycles. The third kappa shape index (κ3) is 2.61. The molecular formula is C14H11BN2O3. The lowest BCUT2D eigenvalue weighted by molar-refractivity contribution is 0.426. The van der Waals surface area contributed by atoms with Crippen molar-refractivity contribution in [3.8, 4) is 11.8 Å². The van der Waals surface area contributed by atoms with Gasteiger partial charge in [0.1, 0.15) is 0 Å². The van der Waals surface area contributed by atoms with E-state index in [1.165, 1.54) is 0 Å². The lowest BCUT2D eigenvalue weighted by Crippen LogP contribution is -2.29. The summed E-state index contributed by atoms with van der Waals surface area (Å²) < 4.78 is 5.54. The number of rotatable bonds is 3. The first-order valence-corrected chi connectivity index (χ1v) is 6.08. The summed E-state index contributed by atoms with van der Waals surface area (Å²) in [7, 11) is -1.48. The highest BCUT2D eigenvalue weighted by Crippen LogP contribution is 2.20. The SMILES string of the molecule is OB(O)c1ccc2nc(Oc3ccccn3)ccc2c1. The Morgan fingerprint density at radius 2 is 1.85 bits per heavy atom.